The van der Waals surface area contributed by atoms with Crippen LogP contribution in [-0.2, 0) is 9.59 Å². The lowest BCUT2D eigenvalue weighted by atomic mass is 9.75. The van der Waals surface area contributed by atoms with Crippen LogP contribution in [0.3, 0.4) is 0 Å². The molecule has 2 aliphatic carbocycles. The smallest absolute Gasteiger partial charge is 0.136 e. The molecule has 2 nitrogen and oxygen atoms in total. The van der Waals surface area contributed by atoms with Crippen molar-refractivity contribution >= 4 is 11.6 Å². The molecule has 0 spiro atoms. The Morgan fingerprint density at radius 1 is 1.00 bits per heavy atom. The van der Waals surface area contributed by atoms with Crippen LogP contribution in [0.4, 0.5) is 0 Å². The van der Waals surface area contributed by atoms with Crippen LogP contribution in [0.25, 0.3) is 0 Å². The van der Waals surface area contributed by atoms with Gasteiger partial charge in [0, 0.05) is 25.2 Å². The highest BCUT2D eigenvalue weighted by Crippen LogP contribution is 2.36. The zero-order valence-electron chi connectivity index (χ0n) is 7.92. The fourth-order valence-corrected chi connectivity index (χ4v) is 2.72. The van der Waals surface area contributed by atoms with Gasteiger partial charge in [-0.2, -0.15) is 0 Å². The third-order valence-corrected chi connectivity index (χ3v) is 3.46. The van der Waals surface area contributed by atoms with Gasteiger partial charge in [-0.25, -0.2) is 0 Å². The van der Waals surface area contributed by atoms with Crippen molar-refractivity contribution < 1.29 is 9.59 Å². The zero-order chi connectivity index (χ0) is 9.26. The van der Waals surface area contributed by atoms with E-state index in [0.29, 0.717) is 36.7 Å². The van der Waals surface area contributed by atoms with E-state index in [1.807, 2.05) is 0 Å². The van der Waals surface area contributed by atoms with Gasteiger partial charge in [-0.1, -0.05) is 0 Å². The van der Waals surface area contributed by atoms with Crippen LogP contribution in [0.15, 0.2) is 0 Å². The molecule has 2 fully saturated rings. The summed E-state index contributed by atoms with van der Waals surface area (Å²) in [7, 11) is 0. The van der Waals surface area contributed by atoms with Gasteiger partial charge in [0.1, 0.15) is 11.6 Å². The standard InChI is InChI=1S/C11H16O2/c12-9-5-1-3-8-4-2-6-11(13)10(8)7-9/h8,10H,1-7H2/t8-,10?/m1/s1. The fourth-order valence-electron chi connectivity index (χ4n) is 2.72. The lowest BCUT2D eigenvalue weighted by Crippen LogP contribution is -2.28. The Morgan fingerprint density at radius 2 is 1.69 bits per heavy atom. The molecule has 2 aliphatic rings. The summed E-state index contributed by atoms with van der Waals surface area (Å²) in [5, 5.41) is 0. The van der Waals surface area contributed by atoms with Crippen molar-refractivity contribution in [2.45, 2.75) is 44.9 Å². The van der Waals surface area contributed by atoms with Gasteiger partial charge in [0.05, 0.1) is 0 Å². The predicted octanol–water partition coefficient (Wildman–Crippen LogP) is 2.11. The van der Waals surface area contributed by atoms with Crippen molar-refractivity contribution in [1.82, 2.24) is 0 Å². The van der Waals surface area contributed by atoms with Gasteiger partial charge < -0.3 is 0 Å². The normalized spacial score (nSPS) is 35.4. The molecule has 2 saturated carbocycles. The monoisotopic (exact) mass is 180 g/mol. The molecular weight excluding hydrogens is 164 g/mol. The van der Waals surface area contributed by atoms with Crippen molar-refractivity contribution in [2.24, 2.45) is 11.8 Å². The number of rotatable bonds is 0. The van der Waals surface area contributed by atoms with E-state index < -0.39 is 0 Å². The minimum Gasteiger partial charge on any atom is -0.300 e. The van der Waals surface area contributed by atoms with Crippen molar-refractivity contribution in [3.8, 4) is 0 Å². The second-order valence-corrected chi connectivity index (χ2v) is 4.36. The van der Waals surface area contributed by atoms with Crippen molar-refractivity contribution in [3.05, 3.63) is 0 Å². The van der Waals surface area contributed by atoms with Crippen LogP contribution in [0.2, 0.25) is 0 Å². The molecule has 2 rings (SSSR count). The van der Waals surface area contributed by atoms with Crippen LogP contribution < -0.4 is 0 Å². The summed E-state index contributed by atoms with van der Waals surface area (Å²) in [6.45, 7) is 0. The van der Waals surface area contributed by atoms with Gasteiger partial charge in [0.2, 0.25) is 0 Å². The van der Waals surface area contributed by atoms with Crippen LogP contribution in [0.1, 0.15) is 44.9 Å². The quantitative estimate of drug-likeness (QED) is 0.572. The van der Waals surface area contributed by atoms with Gasteiger partial charge >= 0.3 is 0 Å². The molecule has 0 aromatic rings. The molecule has 2 atom stereocenters. The summed E-state index contributed by atoms with van der Waals surface area (Å²) < 4.78 is 0. The zero-order valence-corrected chi connectivity index (χ0v) is 7.92. The molecule has 0 aromatic heterocycles. The minimum atomic E-state index is 0.101. The number of carbonyl (C=O) groups excluding carboxylic acids is 2. The third-order valence-electron chi connectivity index (χ3n) is 3.46. The van der Waals surface area contributed by atoms with E-state index in [-0.39, 0.29) is 5.92 Å². The molecule has 2 heteroatoms. The lowest BCUT2D eigenvalue weighted by Gasteiger charge is -2.27. The van der Waals surface area contributed by atoms with Crippen LogP contribution in [0.5, 0.6) is 0 Å². The van der Waals surface area contributed by atoms with E-state index in [0.717, 1.165) is 19.3 Å². The lowest BCUT2D eigenvalue weighted by molar-refractivity contribution is -0.130. The molecular formula is C11H16O2. The van der Waals surface area contributed by atoms with Gasteiger partial charge in [-0.15, -0.1) is 0 Å². The van der Waals surface area contributed by atoms with Gasteiger partial charge in [0.25, 0.3) is 0 Å². The molecule has 0 amide bonds. The van der Waals surface area contributed by atoms with E-state index in [4.69, 9.17) is 0 Å². The molecule has 0 N–H and O–H groups in total. The molecule has 0 radical (unpaired) electrons. The van der Waals surface area contributed by atoms with Crippen LogP contribution >= 0.6 is 0 Å². The third kappa shape index (κ3) is 1.82. The summed E-state index contributed by atoms with van der Waals surface area (Å²) in [5.41, 5.74) is 0. The summed E-state index contributed by atoms with van der Waals surface area (Å²) in [6, 6.07) is 0. The first kappa shape index (κ1) is 8.92. The highest BCUT2D eigenvalue weighted by molar-refractivity contribution is 5.89. The van der Waals surface area contributed by atoms with E-state index in [1.54, 1.807) is 0 Å². The molecule has 13 heavy (non-hydrogen) atoms. The molecule has 0 aliphatic heterocycles. The highest BCUT2D eigenvalue weighted by Gasteiger charge is 2.34. The first-order chi connectivity index (χ1) is 6.27. The number of hydrogen-bond donors (Lipinski definition) is 0. The Morgan fingerprint density at radius 3 is 2.46 bits per heavy atom. The van der Waals surface area contributed by atoms with E-state index in [2.05, 4.69) is 0 Å². The number of hydrogen-bond acceptors (Lipinski definition) is 2. The Bertz CT molecular complexity index is 232. The molecule has 0 saturated heterocycles. The summed E-state index contributed by atoms with van der Waals surface area (Å²) in [6.07, 6.45) is 6.30. The minimum absolute atomic E-state index is 0.101. The van der Waals surface area contributed by atoms with Crippen molar-refractivity contribution in [1.29, 1.82) is 0 Å². The fraction of sp³-hybridized carbons (Fsp3) is 0.818. The van der Waals surface area contributed by atoms with E-state index >= 15 is 0 Å². The second-order valence-electron chi connectivity index (χ2n) is 4.36. The number of carbonyl (C=O) groups is 2. The van der Waals surface area contributed by atoms with Crippen molar-refractivity contribution in [3.63, 3.8) is 0 Å². The number of Topliss-reactive ketones (excluding diaryl/α,β-unsaturated/α-hetero) is 2. The number of ketones is 2. The van der Waals surface area contributed by atoms with Gasteiger partial charge in [-0.05, 0) is 31.6 Å². The molecule has 0 aromatic carbocycles. The maximum atomic E-state index is 11.6. The predicted molar refractivity (Wildman–Crippen MR) is 49.3 cm³/mol. The Balaban J connectivity index is 2.12. The Hall–Kier alpha value is -0.660. The first-order valence-corrected chi connectivity index (χ1v) is 5.32. The highest BCUT2D eigenvalue weighted by atomic mass is 16.1. The molecule has 0 bridgehead atoms. The van der Waals surface area contributed by atoms with Crippen LogP contribution in [-0.4, -0.2) is 11.6 Å². The summed E-state index contributed by atoms with van der Waals surface area (Å²) in [4.78, 5) is 22.9. The molecule has 1 unspecified atom stereocenters. The second kappa shape index (κ2) is 3.60. The van der Waals surface area contributed by atoms with Gasteiger partial charge in [-0.3, -0.25) is 9.59 Å². The Kier molecular flexibility index (Phi) is 2.47. The largest absolute Gasteiger partial charge is 0.300 e. The SMILES string of the molecule is O=C1CCC[C@@H]2CCCC(=O)C2C1. The maximum absolute atomic E-state index is 11.6. The Labute approximate surface area is 78.7 Å². The molecule has 0 heterocycles. The first-order valence-electron chi connectivity index (χ1n) is 5.32. The average molecular weight is 180 g/mol. The van der Waals surface area contributed by atoms with E-state index in [9.17, 15) is 9.59 Å². The van der Waals surface area contributed by atoms with Crippen molar-refractivity contribution in [2.75, 3.05) is 0 Å². The maximum Gasteiger partial charge on any atom is 0.136 e. The summed E-state index contributed by atoms with van der Waals surface area (Å²) >= 11 is 0. The van der Waals surface area contributed by atoms with E-state index in [1.165, 1.54) is 6.42 Å². The van der Waals surface area contributed by atoms with Crippen LogP contribution in [0, 0.1) is 11.8 Å². The topological polar surface area (TPSA) is 34.1 Å². The molecule has 72 valence electrons. The number of fused-ring (bicyclic) bond motifs is 1. The van der Waals surface area contributed by atoms with Gasteiger partial charge in [0.15, 0.2) is 0 Å². The average Bonchev–Trinajstić information content (AvgIpc) is 2.28. The summed E-state index contributed by atoms with van der Waals surface area (Å²) in [5.74, 6) is 1.30.